The molecule has 1 unspecified atom stereocenters. The van der Waals surface area contributed by atoms with Crippen molar-refractivity contribution in [2.75, 3.05) is 13.2 Å². The summed E-state index contributed by atoms with van der Waals surface area (Å²) >= 11 is 5.73. The summed E-state index contributed by atoms with van der Waals surface area (Å²) < 4.78 is 5.85. The lowest BCUT2D eigenvalue weighted by atomic mass is 10.0. The SMILES string of the molecule is Cc1ccc2cc(CN(CC3CCCO3)C(=S)NCc3ccccc3)c(=O)[nH]c2c1C. The van der Waals surface area contributed by atoms with E-state index < -0.39 is 0 Å². The molecular formula is C25H29N3O2S. The fourth-order valence-corrected chi connectivity index (χ4v) is 4.24. The molecule has 2 heterocycles. The van der Waals surface area contributed by atoms with Gasteiger partial charge in [-0.1, -0.05) is 42.5 Å². The van der Waals surface area contributed by atoms with Gasteiger partial charge in [-0.3, -0.25) is 4.79 Å². The van der Waals surface area contributed by atoms with E-state index in [0.717, 1.165) is 41.5 Å². The highest BCUT2D eigenvalue weighted by molar-refractivity contribution is 7.80. The third kappa shape index (κ3) is 5.14. The zero-order valence-corrected chi connectivity index (χ0v) is 18.9. The molecule has 1 aliphatic rings. The summed E-state index contributed by atoms with van der Waals surface area (Å²) in [5.74, 6) is 0. The first kappa shape index (κ1) is 21.5. The van der Waals surface area contributed by atoms with Gasteiger partial charge in [-0.25, -0.2) is 0 Å². The maximum absolute atomic E-state index is 12.9. The predicted molar refractivity (Wildman–Crippen MR) is 129 cm³/mol. The van der Waals surface area contributed by atoms with E-state index in [-0.39, 0.29) is 11.7 Å². The topological polar surface area (TPSA) is 57.4 Å². The lowest BCUT2D eigenvalue weighted by Crippen LogP contribution is -2.43. The van der Waals surface area contributed by atoms with Crippen LogP contribution in [0.4, 0.5) is 0 Å². The summed E-state index contributed by atoms with van der Waals surface area (Å²) in [6.07, 6.45) is 2.23. The van der Waals surface area contributed by atoms with E-state index in [2.05, 4.69) is 46.4 Å². The first-order chi connectivity index (χ1) is 15.0. The van der Waals surface area contributed by atoms with Crippen molar-refractivity contribution in [3.05, 3.63) is 81.1 Å². The highest BCUT2D eigenvalue weighted by Gasteiger charge is 2.22. The van der Waals surface area contributed by atoms with Crippen LogP contribution in [0.1, 0.15) is 35.1 Å². The summed E-state index contributed by atoms with van der Waals surface area (Å²) in [4.78, 5) is 18.0. The molecular weight excluding hydrogens is 406 g/mol. The van der Waals surface area contributed by atoms with E-state index >= 15 is 0 Å². The summed E-state index contributed by atoms with van der Waals surface area (Å²) in [5, 5.41) is 5.03. The van der Waals surface area contributed by atoms with Gasteiger partial charge in [0.05, 0.1) is 18.2 Å². The standard InChI is InChI=1S/C25H29N3O2S/c1-17-10-11-20-13-21(24(29)27-23(20)18(17)2)15-28(16-22-9-6-12-30-22)25(31)26-14-19-7-4-3-5-8-19/h3-5,7-8,10-11,13,22H,6,9,12,14-16H2,1-2H3,(H,26,31)(H,27,29). The molecule has 2 aromatic carbocycles. The number of nitrogens with one attached hydrogen (secondary N) is 2. The van der Waals surface area contributed by atoms with Crippen LogP contribution in [-0.4, -0.2) is 34.3 Å². The molecule has 1 aliphatic heterocycles. The number of aryl methyl sites for hydroxylation is 2. The second kappa shape index (κ2) is 9.62. The van der Waals surface area contributed by atoms with Gasteiger partial charge in [0.2, 0.25) is 0 Å². The third-order valence-corrected chi connectivity index (χ3v) is 6.41. The van der Waals surface area contributed by atoms with Gasteiger partial charge in [-0.15, -0.1) is 0 Å². The van der Waals surface area contributed by atoms with Crippen molar-refractivity contribution in [3.63, 3.8) is 0 Å². The molecule has 3 aromatic rings. The van der Waals surface area contributed by atoms with Gasteiger partial charge >= 0.3 is 0 Å². The Morgan fingerprint density at radius 2 is 2.03 bits per heavy atom. The van der Waals surface area contributed by atoms with Crippen molar-refractivity contribution in [2.24, 2.45) is 0 Å². The molecule has 1 aromatic heterocycles. The number of benzene rings is 2. The van der Waals surface area contributed by atoms with Crippen LogP contribution in [0.15, 0.2) is 53.3 Å². The zero-order chi connectivity index (χ0) is 21.8. The Hall–Kier alpha value is -2.70. The number of hydrogen-bond donors (Lipinski definition) is 2. The molecule has 1 atom stereocenters. The summed E-state index contributed by atoms with van der Waals surface area (Å²) in [5.41, 5.74) is 4.99. The van der Waals surface area contributed by atoms with Crippen molar-refractivity contribution >= 4 is 28.2 Å². The molecule has 0 amide bonds. The molecule has 31 heavy (non-hydrogen) atoms. The second-order valence-electron chi connectivity index (χ2n) is 8.26. The van der Waals surface area contributed by atoms with Crippen molar-refractivity contribution in [2.45, 2.75) is 45.9 Å². The molecule has 5 nitrogen and oxygen atoms in total. The Bertz CT molecular complexity index is 1120. The molecule has 0 bridgehead atoms. The Labute approximate surface area is 188 Å². The van der Waals surface area contributed by atoms with E-state index in [0.29, 0.717) is 30.3 Å². The molecule has 0 saturated carbocycles. The molecule has 0 spiro atoms. The maximum Gasteiger partial charge on any atom is 0.253 e. The average Bonchev–Trinajstić information content (AvgIpc) is 3.29. The van der Waals surface area contributed by atoms with Crippen LogP contribution in [0.2, 0.25) is 0 Å². The fraction of sp³-hybridized carbons (Fsp3) is 0.360. The number of thiocarbonyl (C=S) groups is 1. The third-order valence-electron chi connectivity index (χ3n) is 6.01. The summed E-state index contributed by atoms with van der Waals surface area (Å²) in [7, 11) is 0. The largest absolute Gasteiger partial charge is 0.376 e. The minimum Gasteiger partial charge on any atom is -0.376 e. The Morgan fingerprint density at radius 1 is 1.23 bits per heavy atom. The summed E-state index contributed by atoms with van der Waals surface area (Å²) in [6.45, 7) is 6.65. The van der Waals surface area contributed by atoms with Crippen molar-refractivity contribution in [3.8, 4) is 0 Å². The van der Waals surface area contributed by atoms with Crippen LogP contribution < -0.4 is 10.9 Å². The van der Waals surface area contributed by atoms with E-state index in [1.54, 1.807) is 0 Å². The van der Waals surface area contributed by atoms with E-state index in [1.165, 1.54) is 5.56 Å². The van der Waals surface area contributed by atoms with Crippen LogP contribution in [-0.2, 0) is 17.8 Å². The van der Waals surface area contributed by atoms with Gasteiger partial charge in [-0.2, -0.15) is 0 Å². The van der Waals surface area contributed by atoms with E-state index in [4.69, 9.17) is 17.0 Å². The Kier molecular flexibility index (Phi) is 6.68. The fourth-order valence-electron chi connectivity index (χ4n) is 4.03. The van der Waals surface area contributed by atoms with Crippen LogP contribution in [0.5, 0.6) is 0 Å². The number of aromatic amines is 1. The summed E-state index contributed by atoms with van der Waals surface area (Å²) in [6, 6.07) is 16.3. The molecule has 1 saturated heterocycles. The van der Waals surface area contributed by atoms with E-state index in [9.17, 15) is 4.79 Å². The van der Waals surface area contributed by atoms with Gasteiger partial charge in [0.25, 0.3) is 5.56 Å². The number of H-pyrrole nitrogens is 1. The lowest BCUT2D eigenvalue weighted by Gasteiger charge is -2.28. The number of rotatable bonds is 6. The van der Waals surface area contributed by atoms with Crippen LogP contribution in [0.3, 0.4) is 0 Å². The van der Waals surface area contributed by atoms with Crippen LogP contribution >= 0.6 is 12.2 Å². The average molecular weight is 436 g/mol. The maximum atomic E-state index is 12.9. The second-order valence-corrected chi connectivity index (χ2v) is 8.64. The number of nitrogens with zero attached hydrogens (tertiary/aromatic N) is 1. The molecule has 162 valence electrons. The lowest BCUT2D eigenvalue weighted by molar-refractivity contribution is 0.0896. The van der Waals surface area contributed by atoms with Gasteiger partial charge in [0.1, 0.15) is 0 Å². The molecule has 6 heteroatoms. The predicted octanol–water partition coefficient (Wildman–Crippen LogP) is 4.20. The quantitative estimate of drug-likeness (QED) is 0.569. The minimum absolute atomic E-state index is 0.0654. The molecule has 4 rings (SSSR count). The number of fused-ring (bicyclic) bond motifs is 1. The molecule has 2 N–H and O–H groups in total. The number of ether oxygens (including phenoxy) is 1. The van der Waals surface area contributed by atoms with Crippen molar-refractivity contribution in [1.82, 2.24) is 15.2 Å². The first-order valence-corrected chi connectivity index (χ1v) is 11.2. The minimum atomic E-state index is -0.0654. The van der Waals surface area contributed by atoms with Crippen LogP contribution in [0, 0.1) is 13.8 Å². The highest BCUT2D eigenvalue weighted by atomic mass is 32.1. The van der Waals surface area contributed by atoms with E-state index in [1.807, 2.05) is 31.2 Å². The molecule has 0 radical (unpaired) electrons. The number of pyridine rings is 1. The van der Waals surface area contributed by atoms with Gasteiger partial charge < -0.3 is 19.9 Å². The van der Waals surface area contributed by atoms with Gasteiger partial charge in [-0.05, 0) is 67.0 Å². The highest BCUT2D eigenvalue weighted by Crippen LogP contribution is 2.20. The van der Waals surface area contributed by atoms with Crippen molar-refractivity contribution in [1.29, 1.82) is 0 Å². The zero-order valence-electron chi connectivity index (χ0n) is 18.1. The molecule has 1 fully saturated rings. The monoisotopic (exact) mass is 435 g/mol. The Balaban J connectivity index is 1.56. The Morgan fingerprint density at radius 3 is 2.77 bits per heavy atom. The van der Waals surface area contributed by atoms with Crippen LogP contribution in [0.25, 0.3) is 10.9 Å². The first-order valence-electron chi connectivity index (χ1n) is 10.8. The normalized spacial score (nSPS) is 15.9. The molecule has 0 aliphatic carbocycles. The number of hydrogen-bond acceptors (Lipinski definition) is 3. The van der Waals surface area contributed by atoms with Gasteiger partial charge in [0, 0.05) is 25.3 Å². The van der Waals surface area contributed by atoms with Crippen molar-refractivity contribution < 1.29 is 4.74 Å². The number of aromatic nitrogens is 1. The van der Waals surface area contributed by atoms with Gasteiger partial charge in [0.15, 0.2) is 5.11 Å². The smallest absolute Gasteiger partial charge is 0.253 e.